The quantitative estimate of drug-likeness (QED) is 0.690. The molecular formula is C13H23N5O3. The van der Waals surface area contributed by atoms with E-state index in [0.717, 1.165) is 25.9 Å². The lowest BCUT2D eigenvalue weighted by Gasteiger charge is -2.22. The monoisotopic (exact) mass is 297 g/mol. The van der Waals surface area contributed by atoms with Gasteiger partial charge < -0.3 is 20.1 Å². The average molecular weight is 297 g/mol. The van der Waals surface area contributed by atoms with Crippen molar-refractivity contribution < 1.29 is 14.6 Å². The second kappa shape index (κ2) is 8.06. The van der Waals surface area contributed by atoms with Gasteiger partial charge in [0.25, 0.3) is 5.91 Å². The smallest absolute Gasteiger partial charge is 0.276 e. The van der Waals surface area contributed by atoms with Gasteiger partial charge in [0.2, 0.25) is 0 Å². The van der Waals surface area contributed by atoms with Gasteiger partial charge >= 0.3 is 0 Å². The number of rotatable bonds is 7. The Morgan fingerprint density at radius 3 is 2.95 bits per heavy atom. The zero-order valence-corrected chi connectivity index (χ0v) is 12.4. The summed E-state index contributed by atoms with van der Waals surface area (Å²) in [6, 6.07) is 0.297. The molecule has 1 fully saturated rings. The minimum Gasteiger partial charge on any atom is -0.395 e. The molecule has 1 aliphatic heterocycles. The molecule has 2 N–H and O–H groups in total. The molecule has 2 heterocycles. The number of hydrogen-bond acceptors (Lipinski definition) is 6. The number of ether oxygens (including phenoxy) is 1. The molecule has 0 unspecified atom stereocenters. The number of amides is 1. The van der Waals surface area contributed by atoms with E-state index in [1.54, 1.807) is 18.0 Å². The lowest BCUT2D eigenvalue weighted by atomic mass is 10.1. The van der Waals surface area contributed by atoms with Crippen molar-refractivity contribution in [2.24, 2.45) is 0 Å². The van der Waals surface area contributed by atoms with E-state index in [1.165, 1.54) is 4.90 Å². The second-order valence-corrected chi connectivity index (χ2v) is 5.07. The summed E-state index contributed by atoms with van der Waals surface area (Å²) in [5.41, 5.74) is 0.318. The molecular weight excluding hydrogens is 274 g/mol. The van der Waals surface area contributed by atoms with Crippen molar-refractivity contribution in [3.8, 4) is 0 Å². The molecule has 0 bridgehead atoms. The summed E-state index contributed by atoms with van der Waals surface area (Å²) in [7, 11) is 1.58. The molecule has 0 aliphatic carbocycles. The minimum atomic E-state index is -0.221. The van der Waals surface area contributed by atoms with Crippen molar-refractivity contribution in [1.29, 1.82) is 0 Å². The SMILES string of the molecule is COCCN(CCO)C(=O)c1cn(C2CCNCC2)nn1. The van der Waals surface area contributed by atoms with Crippen molar-refractivity contribution in [3.63, 3.8) is 0 Å². The van der Waals surface area contributed by atoms with Crippen LogP contribution in [-0.2, 0) is 4.74 Å². The highest BCUT2D eigenvalue weighted by Crippen LogP contribution is 2.17. The molecule has 2 rings (SSSR count). The number of carbonyl (C=O) groups excluding carboxylic acids is 1. The number of nitrogens with zero attached hydrogens (tertiary/aromatic N) is 4. The van der Waals surface area contributed by atoms with Crippen molar-refractivity contribution in [3.05, 3.63) is 11.9 Å². The van der Waals surface area contributed by atoms with E-state index in [9.17, 15) is 4.79 Å². The first-order valence-corrected chi connectivity index (χ1v) is 7.28. The van der Waals surface area contributed by atoms with Crippen molar-refractivity contribution in [2.45, 2.75) is 18.9 Å². The molecule has 118 valence electrons. The van der Waals surface area contributed by atoms with Crippen LogP contribution in [0.3, 0.4) is 0 Å². The Balaban J connectivity index is 2.01. The molecule has 0 saturated carbocycles. The molecule has 1 aromatic rings. The number of aliphatic hydroxyl groups is 1. The summed E-state index contributed by atoms with van der Waals surface area (Å²) >= 11 is 0. The Morgan fingerprint density at radius 1 is 1.52 bits per heavy atom. The summed E-state index contributed by atoms with van der Waals surface area (Å²) < 4.78 is 6.76. The zero-order chi connectivity index (χ0) is 15.1. The summed E-state index contributed by atoms with van der Waals surface area (Å²) in [6.45, 7) is 2.95. The Hall–Kier alpha value is -1.51. The molecule has 21 heavy (non-hydrogen) atoms. The van der Waals surface area contributed by atoms with Gasteiger partial charge in [0.15, 0.2) is 5.69 Å². The summed E-state index contributed by atoms with van der Waals surface area (Å²) in [5, 5.41) is 20.4. The maximum atomic E-state index is 12.4. The molecule has 8 heteroatoms. The Labute approximate surface area is 124 Å². The highest BCUT2D eigenvalue weighted by Gasteiger charge is 2.21. The maximum Gasteiger partial charge on any atom is 0.276 e. The fourth-order valence-corrected chi connectivity index (χ4v) is 2.42. The van der Waals surface area contributed by atoms with Crippen LogP contribution in [0.15, 0.2) is 6.20 Å². The summed E-state index contributed by atoms with van der Waals surface area (Å²) in [5.74, 6) is -0.221. The molecule has 0 radical (unpaired) electrons. The van der Waals surface area contributed by atoms with Crippen molar-refractivity contribution in [1.82, 2.24) is 25.2 Å². The van der Waals surface area contributed by atoms with Crippen molar-refractivity contribution in [2.75, 3.05) is 46.5 Å². The number of nitrogens with one attached hydrogen (secondary N) is 1. The first kappa shape index (κ1) is 15.9. The Morgan fingerprint density at radius 2 is 2.29 bits per heavy atom. The average Bonchev–Trinajstić information content (AvgIpc) is 3.01. The lowest BCUT2D eigenvalue weighted by Crippen LogP contribution is -2.36. The second-order valence-electron chi connectivity index (χ2n) is 5.07. The van der Waals surface area contributed by atoms with Gasteiger partial charge in [-0.3, -0.25) is 4.79 Å². The van der Waals surface area contributed by atoms with Gasteiger partial charge in [0, 0.05) is 20.2 Å². The van der Waals surface area contributed by atoms with E-state index >= 15 is 0 Å². The van der Waals surface area contributed by atoms with E-state index in [1.807, 2.05) is 0 Å². The van der Waals surface area contributed by atoms with Crippen LogP contribution < -0.4 is 5.32 Å². The standard InChI is InChI=1S/C13H23N5O3/c1-21-9-7-17(6-8-19)13(20)12-10-18(16-15-12)11-2-4-14-5-3-11/h10-11,14,19H,2-9H2,1H3. The topological polar surface area (TPSA) is 92.5 Å². The van der Waals surface area contributed by atoms with Crippen LogP contribution in [0.1, 0.15) is 29.4 Å². The normalized spacial score (nSPS) is 16.1. The van der Waals surface area contributed by atoms with Crippen LogP contribution in [0, 0.1) is 0 Å². The van der Waals surface area contributed by atoms with Crippen LogP contribution in [0.5, 0.6) is 0 Å². The van der Waals surface area contributed by atoms with Crippen molar-refractivity contribution >= 4 is 5.91 Å². The van der Waals surface area contributed by atoms with Crippen LogP contribution in [0.2, 0.25) is 0 Å². The summed E-state index contributed by atoms with van der Waals surface area (Å²) in [4.78, 5) is 13.9. The number of carbonyl (C=O) groups is 1. The van der Waals surface area contributed by atoms with Gasteiger partial charge in [0.1, 0.15) is 0 Å². The van der Waals surface area contributed by atoms with E-state index in [2.05, 4.69) is 15.6 Å². The molecule has 1 aromatic heterocycles. The molecule has 1 saturated heterocycles. The zero-order valence-electron chi connectivity index (χ0n) is 12.4. The molecule has 8 nitrogen and oxygen atoms in total. The number of aromatic nitrogens is 3. The molecule has 1 amide bonds. The summed E-state index contributed by atoms with van der Waals surface area (Å²) in [6.07, 6.45) is 3.68. The highest BCUT2D eigenvalue weighted by atomic mass is 16.5. The first-order valence-electron chi connectivity index (χ1n) is 7.28. The molecule has 0 atom stereocenters. The fraction of sp³-hybridized carbons (Fsp3) is 0.769. The van der Waals surface area contributed by atoms with Gasteiger partial charge in [-0.1, -0.05) is 5.21 Å². The highest BCUT2D eigenvalue weighted by molar-refractivity contribution is 5.91. The van der Waals surface area contributed by atoms with Crippen LogP contribution in [0.25, 0.3) is 0 Å². The van der Waals surface area contributed by atoms with Gasteiger partial charge in [-0.2, -0.15) is 0 Å². The van der Waals surface area contributed by atoms with Gasteiger partial charge in [-0.05, 0) is 25.9 Å². The van der Waals surface area contributed by atoms with Crippen LogP contribution in [0.4, 0.5) is 0 Å². The van der Waals surface area contributed by atoms with E-state index in [-0.39, 0.29) is 19.1 Å². The third-order valence-electron chi connectivity index (χ3n) is 3.63. The number of piperidine rings is 1. The fourth-order valence-electron chi connectivity index (χ4n) is 2.42. The Bertz CT molecular complexity index is 445. The molecule has 1 aliphatic rings. The minimum absolute atomic E-state index is 0.0854. The maximum absolute atomic E-state index is 12.4. The molecule has 0 spiro atoms. The Kier molecular flexibility index (Phi) is 6.09. The van der Waals surface area contributed by atoms with Gasteiger partial charge in [-0.15, -0.1) is 5.10 Å². The van der Waals surface area contributed by atoms with Crippen LogP contribution in [-0.4, -0.2) is 77.4 Å². The van der Waals surface area contributed by atoms with E-state index < -0.39 is 0 Å². The molecule has 0 aromatic carbocycles. The number of methoxy groups -OCH3 is 1. The third kappa shape index (κ3) is 4.23. The van der Waals surface area contributed by atoms with Gasteiger partial charge in [0.05, 0.1) is 25.5 Å². The largest absolute Gasteiger partial charge is 0.395 e. The van der Waals surface area contributed by atoms with E-state index in [4.69, 9.17) is 9.84 Å². The van der Waals surface area contributed by atoms with Crippen LogP contribution >= 0.6 is 0 Å². The number of hydrogen-bond donors (Lipinski definition) is 2. The predicted molar refractivity (Wildman–Crippen MR) is 76.0 cm³/mol. The third-order valence-corrected chi connectivity index (χ3v) is 3.63. The van der Waals surface area contributed by atoms with E-state index in [0.29, 0.717) is 24.9 Å². The lowest BCUT2D eigenvalue weighted by molar-refractivity contribution is 0.0650. The predicted octanol–water partition coefficient (Wildman–Crippen LogP) is -0.716. The number of aliphatic hydroxyl groups excluding tert-OH is 1. The van der Waals surface area contributed by atoms with Gasteiger partial charge in [-0.25, -0.2) is 4.68 Å². The first-order chi connectivity index (χ1) is 10.3.